The minimum Gasteiger partial charge on any atom is -0.493 e. The first-order valence-electron chi connectivity index (χ1n) is 12.8. The Labute approximate surface area is 225 Å². The number of ether oxygens (including phenoxy) is 2. The van der Waals surface area contributed by atoms with E-state index in [1.165, 1.54) is 7.11 Å². The van der Waals surface area contributed by atoms with Crippen LogP contribution in [0.15, 0.2) is 55.0 Å². The SMILES string of the molecule is COC(=O)NCc1cncc([C@H](CC(=O)O)n2ncc3cc(OCCc4ccc5c(n4)CCCN5)ccc32)c1. The molecule has 0 bridgehead atoms. The molecule has 39 heavy (non-hydrogen) atoms. The molecule has 1 amide bonds. The van der Waals surface area contributed by atoms with Gasteiger partial charge in [0.05, 0.1) is 49.3 Å². The van der Waals surface area contributed by atoms with Crippen molar-refractivity contribution in [1.29, 1.82) is 0 Å². The molecule has 202 valence electrons. The number of hydrogen-bond acceptors (Lipinski definition) is 8. The molecule has 1 aliphatic heterocycles. The lowest BCUT2D eigenvalue weighted by atomic mass is 10.0. The summed E-state index contributed by atoms with van der Waals surface area (Å²) in [7, 11) is 1.29. The molecule has 4 aromatic rings. The summed E-state index contributed by atoms with van der Waals surface area (Å²) in [6, 6.07) is 11.0. The van der Waals surface area contributed by atoms with E-state index in [1.54, 1.807) is 23.3 Å². The summed E-state index contributed by atoms with van der Waals surface area (Å²) in [5.41, 5.74) is 5.39. The van der Waals surface area contributed by atoms with Crippen LogP contribution in [-0.2, 0) is 28.9 Å². The number of carbonyl (C=O) groups excluding carboxylic acids is 1. The molecule has 0 saturated carbocycles. The molecule has 3 aromatic heterocycles. The van der Waals surface area contributed by atoms with Gasteiger partial charge in [0.1, 0.15) is 5.75 Å². The molecule has 0 radical (unpaired) electrons. The van der Waals surface area contributed by atoms with Gasteiger partial charge in [-0.05, 0) is 60.4 Å². The molecule has 3 N–H and O–H groups in total. The zero-order chi connectivity index (χ0) is 27.2. The van der Waals surface area contributed by atoms with Crippen LogP contribution in [0, 0.1) is 0 Å². The zero-order valence-corrected chi connectivity index (χ0v) is 21.6. The van der Waals surface area contributed by atoms with Gasteiger partial charge in [-0.3, -0.25) is 19.4 Å². The van der Waals surface area contributed by atoms with E-state index in [0.29, 0.717) is 29.9 Å². The second kappa shape index (κ2) is 11.8. The fraction of sp³-hybridized carbons (Fsp3) is 0.321. The number of carbonyl (C=O) groups is 2. The van der Waals surface area contributed by atoms with Crippen molar-refractivity contribution >= 4 is 28.7 Å². The number of nitrogens with zero attached hydrogens (tertiary/aromatic N) is 4. The van der Waals surface area contributed by atoms with E-state index in [4.69, 9.17) is 9.72 Å². The molecule has 1 aromatic carbocycles. The summed E-state index contributed by atoms with van der Waals surface area (Å²) < 4.78 is 12.3. The molecule has 11 heteroatoms. The van der Waals surface area contributed by atoms with Crippen molar-refractivity contribution in [3.8, 4) is 5.75 Å². The normalized spacial score (nSPS) is 13.3. The highest BCUT2D eigenvalue weighted by molar-refractivity contribution is 5.81. The van der Waals surface area contributed by atoms with E-state index < -0.39 is 18.1 Å². The summed E-state index contributed by atoms with van der Waals surface area (Å²) in [5, 5.41) is 21.0. The molecular weight excluding hydrogens is 500 g/mol. The number of anilines is 1. The lowest BCUT2D eigenvalue weighted by molar-refractivity contribution is -0.137. The molecule has 4 heterocycles. The van der Waals surface area contributed by atoms with Gasteiger partial charge in [0.25, 0.3) is 0 Å². The van der Waals surface area contributed by atoms with Gasteiger partial charge in [-0.25, -0.2) is 4.79 Å². The molecule has 0 saturated heterocycles. The van der Waals surface area contributed by atoms with E-state index in [1.807, 2.05) is 30.3 Å². The summed E-state index contributed by atoms with van der Waals surface area (Å²) in [6.07, 6.45) is 6.96. The predicted octanol–water partition coefficient (Wildman–Crippen LogP) is 3.73. The number of methoxy groups -OCH3 is 1. The van der Waals surface area contributed by atoms with E-state index in [9.17, 15) is 14.7 Å². The number of carboxylic acid groups (broad SMARTS) is 1. The van der Waals surface area contributed by atoms with Crippen LogP contribution in [0.2, 0.25) is 0 Å². The maximum atomic E-state index is 11.8. The number of fused-ring (bicyclic) bond motifs is 2. The average molecular weight is 531 g/mol. The van der Waals surface area contributed by atoms with Crippen LogP contribution in [0.3, 0.4) is 0 Å². The van der Waals surface area contributed by atoms with Crippen molar-refractivity contribution in [2.45, 2.75) is 38.3 Å². The number of alkyl carbamates (subject to hydrolysis) is 1. The van der Waals surface area contributed by atoms with E-state index >= 15 is 0 Å². The Hall–Kier alpha value is -4.67. The number of benzene rings is 1. The Morgan fingerprint density at radius 2 is 2.08 bits per heavy atom. The van der Waals surface area contributed by atoms with Crippen LogP contribution in [-0.4, -0.2) is 57.2 Å². The Morgan fingerprint density at radius 1 is 1.18 bits per heavy atom. The maximum Gasteiger partial charge on any atom is 0.407 e. The number of aliphatic carboxylic acids is 1. The van der Waals surface area contributed by atoms with E-state index in [2.05, 4.69) is 31.5 Å². The summed E-state index contributed by atoms with van der Waals surface area (Å²) >= 11 is 0. The molecule has 11 nitrogen and oxygen atoms in total. The summed E-state index contributed by atoms with van der Waals surface area (Å²) in [4.78, 5) is 32.2. The van der Waals surface area contributed by atoms with Gasteiger partial charge in [0.15, 0.2) is 0 Å². The zero-order valence-electron chi connectivity index (χ0n) is 21.6. The Bertz CT molecular complexity index is 1490. The van der Waals surface area contributed by atoms with Gasteiger partial charge in [-0.1, -0.05) is 0 Å². The van der Waals surface area contributed by atoms with Crippen LogP contribution in [0.25, 0.3) is 10.9 Å². The van der Waals surface area contributed by atoms with Crippen LogP contribution in [0.4, 0.5) is 10.5 Å². The number of aromatic nitrogens is 4. The largest absolute Gasteiger partial charge is 0.493 e. The highest BCUT2D eigenvalue weighted by Gasteiger charge is 2.22. The smallest absolute Gasteiger partial charge is 0.407 e. The molecule has 1 atom stereocenters. The lowest BCUT2D eigenvalue weighted by Gasteiger charge is -2.18. The van der Waals surface area contributed by atoms with E-state index in [-0.39, 0.29) is 13.0 Å². The van der Waals surface area contributed by atoms with Gasteiger partial charge < -0.3 is 25.2 Å². The fourth-order valence-electron chi connectivity index (χ4n) is 4.70. The van der Waals surface area contributed by atoms with Crippen LogP contribution < -0.4 is 15.4 Å². The van der Waals surface area contributed by atoms with Crippen molar-refractivity contribution in [2.75, 3.05) is 25.6 Å². The molecule has 1 aliphatic rings. The molecule has 5 rings (SSSR count). The number of aryl methyl sites for hydroxylation is 1. The van der Waals surface area contributed by atoms with Gasteiger partial charge >= 0.3 is 12.1 Å². The minimum atomic E-state index is -0.965. The van der Waals surface area contributed by atoms with Crippen LogP contribution in [0.1, 0.15) is 41.4 Å². The fourth-order valence-corrected chi connectivity index (χ4v) is 4.70. The predicted molar refractivity (Wildman–Crippen MR) is 144 cm³/mol. The molecule has 0 unspecified atom stereocenters. The lowest BCUT2D eigenvalue weighted by Crippen LogP contribution is -2.23. The third-order valence-electron chi connectivity index (χ3n) is 6.62. The first-order valence-corrected chi connectivity index (χ1v) is 12.8. The van der Waals surface area contributed by atoms with Crippen molar-refractivity contribution in [2.24, 2.45) is 0 Å². The first-order chi connectivity index (χ1) is 19.0. The minimum absolute atomic E-state index is 0.187. The Morgan fingerprint density at radius 3 is 2.92 bits per heavy atom. The third-order valence-corrected chi connectivity index (χ3v) is 6.62. The second-order valence-corrected chi connectivity index (χ2v) is 9.32. The molecule has 0 fully saturated rings. The standard InChI is InChI=1S/C28H30N6O5/c1-38-28(37)31-15-18-11-19(16-29-14-18)26(13-27(35)36)34-25-7-5-22(12-20(25)17-32-34)39-10-8-21-4-6-23-24(33-21)3-2-9-30-23/h4-7,11-12,14,16-17,26,30H,2-3,8-10,13,15H2,1H3,(H,31,37)(H,35,36)/t26-/m0/s1. The van der Waals surface area contributed by atoms with Crippen LogP contribution >= 0.6 is 0 Å². The van der Waals surface area contributed by atoms with Crippen LogP contribution in [0.5, 0.6) is 5.75 Å². The van der Waals surface area contributed by atoms with Crippen molar-refractivity contribution in [3.05, 3.63) is 77.5 Å². The quantitative estimate of drug-likeness (QED) is 0.280. The van der Waals surface area contributed by atoms with Crippen molar-refractivity contribution < 1.29 is 24.2 Å². The topological polar surface area (TPSA) is 140 Å². The monoisotopic (exact) mass is 530 g/mol. The maximum absolute atomic E-state index is 11.8. The number of hydrogen-bond donors (Lipinski definition) is 3. The number of rotatable bonds is 10. The van der Waals surface area contributed by atoms with Crippen molar-refractivity contribution in [1.82, 2.24) is 25.1 Å². The van der Waals surface area contributed by atoms with Gasteiger partial charge in [-0.2, -0.15) is 5.10 Å². The van der Waals surface area contributed by atoms with Gasteiger partial charge in [0.2, 0.25) is 0 Å². The highest BCUT2D eigenvalue weighted by atomic mass is 16.5. The number of nitrogens with one attached hydrogen (secondary N) is 2. The van der Waals surface area contributed by atoms with E-state index in [0.717, 1.165) is 47.4 Å². The molecule has 0 spiro atoms. The third kappa shape index (κ3) is 6.25. The highest BCUT2D eigenvalue weighted by Crippen LogP contribution is 2.29. The molecule has 0 aliphatic carbocycles. The Kier molecular flexibility index (Phi) is 7.86. The second-order valence-electron chi connectivity index (χ2n) is 9.32. The van der Waals surface area contributed by atoms with Gasteiger partial charge in [0, 0.05) is 43.0 Å². The number of pyridine rings is 2. The van der Waals surface area contributed by atoms with Crippen molar-refractivity contribution in [3.63, 3.8) is 0 Å². The number of carboxylic acids is 1. The van der Waals surface area contributed by atoms with Gasteiger partial charge in [-0.15, -0.1) is 0 Å². The summed E-state index contributed by atoms with van der Waals surface area (Å²) in [5.74, 6) is -0.262. The average Bonchev–Trinajstić information content (AvgIpc) is 3.37. The first kappa shape index (κ1) is 26.0. The molecular formula is C28H30N6O5. The number of amides is 1. The summed E-state index contributed by atoms with van der Waals surface area (Å²) in [6.45, 7) is 1.68. The Balaban J connectivity index is 1.30.